The second kappa shape index (κ2) is 8.95. The second-order valence-electron chi connectivity index (χ2n) is 6.60. The van der Waals surface area contributed by atoms with Gasteiger partial charge in [-0.15, -0.1) is 10.2 Å². The first-order chi connectivity index (χ1) is 15.1. The number of esters is 1. The van der Waals surface area contributed by atoms with Crippen molar-refractivity contribution in [3.8, 4) is 0 Å². The number of rotatable bonds is 6. The molecule has 9 nitrogen and oxygen atoms in total. The van der Waals surface area contributed by atoms with Crippen LogP contribution in [0.4, 0.5) is 17.1 Å². The predicted octanol–water partition coefficient (Wildman–Crippen LogP) is 4.25. The minimum atomic E-state index is -0.609. The maximum absolute atomic E-state index is 12.2. The summed E-state index contributed by atoms with van der Waals surface area (Å²) in [5.41, 5.74) is 2.88. The van der Waals surface area contributed by atoms with Crippen molar-refractivity contribution in [2.75, 3.05) is 11.9 Å². The fourth-order valence-electron chi connectivity index (χ4n) is 2.76. The summed E-state index contributed by atoms with van der Waals surface area (Å²) in [6.45, 7) is 1.37. The summed E-state index contributed by atoms with van der Waals surface area (Å²) in [5, 5.41) is 18.8. The van der Waals surface area contributed by atoms with Gasteiger partial charge < -0.3 is 10.1 Å². The van der Waals surface area contributed by atoms with Crippen molar-refractivity contribution in [2.45, 2.75) is 6.92 Å². The fourth-order valence-corrected chi connectivity index (χ4v) is 2.76. The van der Waals surface area contributed by atoms with Crippen molar-refractivity contribution < 1.29 is 14.3 Å². The molecule has 0 saturated carbocycles. The zero-order valence-corrected chi connectivity index (χ0v) is 16.6. The number of amides is 1. The van der Waals surface area contributed by atoms with Crippen LogP contribution in [-0.2, 0) is 9.53 Å². The van der Waals surface area contributed by atoms with Gasteiger partial charge in [-0.25, -0.2) is 4.79 Å². The molecule has 2 aromatic heterocycles. The summed E-state index contributed by atoms with van der Waals surface area (Å²) in [7, 11) is 0. The van der Waals surface area contributed by atoms with Gasteiger partial charge >= 0.3 is 5.97 Å². The Balaban J connectivity index is 1.30. The lowest BCUT2D eigenvalue weighted by atomic mass is 10.3. The SMILES string of the molecule is Cc1nnc2ccc(C(=O)OCC(=O)Nc3ccc(N=Nc4ccccc4)cc3)cn12. The van der Waals surface area contributed by atoms with E-state index in [9.17, 15) is 9.59 Å². The molecule has 31 heavy (non-hydrogen) atoms. The average molecular weight is 414 g/mol. The highest BCUT2D eigenvalue weighted by Gasteiger charge is 2.12. The molecule has 4 rings (SSSR count). The summed E-state index contributed by atoms with van der Waals surface area (Å²) in [6.07, 6.45) is 1.58. The molecule has 0 fully saturated rings. The molecule has 1 N–H and O–H groups in total. The Morgan fingerprint density at radius 1 is 0.935 bits per heavy atom. The second-order valence-corrected chi connectivity index (χ2v) is 6.60. The van der Waals surface area contributed by atoms with Crippen molar-refractivity contribution in [3.05, 3.63) is 84.3 Å². The Morgan fingerprint density at radius 2 is 1.65 bits per heavy atom. The standard InChI is InChI=1S/C22H18N6O3/c1-15-24-27-20-12-7-16(13-28(15)20)22(30)31-14-21(29)23-17-8-10-19(11-9-17)26-25-18-5-3-2-4-6-18/h2-13H,14H2,1H3,(H,23,29). The van der Waals surface area contributed by atoms with Crippen LogP contribution in [-0.4, -0.2) is 33.1 Å². The molecule has 0 bridgehead atoms. The molecule has 0 radical (unpaired) electrons. The monoisotopic (exact) mass is 414 g/mol. The lowest BCUT2D eigenvalue weighted by Crippen LogP contribution is -2.21. The topological polar surface area (TPSA) is 110 Å². The van der Waals surface area contributed by atoms with Crippen LogP contribution in [0.2, 0.25) is 0 Å². The van der Waals surface area contributed by atoms with Crippen LogP contribution in [0.3, 0.4) is 0 Å². The highest BCUT2D eigenvalue weighted by Crippen LogP contribution is 2.20. The quantitative estimate of drug-likeness (QED) is 0.375. The number of nitrogens with one attached hydrogen (secondary N) is 1. The Labute approximate surface area is 177 Å². The van der Waals surface area contributed by atoms with Gasteiger partial charge in [0, 0.05) is 11.9 Å². The molecular weight excluding hydrogens is 396 g/mol. The first-order valence-corrected chi connectivity index (χ1v) is 9.44. The van der Waals surface area contributed by atoms with Gasteiger partial charge in [0.25, 0.3) is 5.91 Å². The summed E-state index contributed by atoms with van der Waals surface area (Å²) < 4.78 is 6.77. The molecule has 2 heterocycles. The number of fused-ring (bicyclic) bond motifs is 1. The number of hydrogen-bond acceptors (Lipinski definition) is 7. The first kappa shape index (κ1) is 19.9. The summed E-state index contributed by atoms with van der Waals surface area (Å²) >= 11 is 0. The van der Waals surface area contributed by atoms with E-state index in [0.717, 1.165) is 5.69 Å². The zero-order chi connectivity index (χ0) is 21.6. The summed E-state index contributed by atoms with van der Waals surface area (Å²) in [5.74, 6) is -0.412. The summed E-state index contributed by atoms with van der Waals surface area (Å²) in [4.78, 5) is 24.3. The molecule has 1 amide bonds. The van der Waals surface area contributed by atoms with E-state index in [1.807, 2.05) is 30.3 Å². The molecule has 2 aromatic carbocycles. The van der Waals surface area contributed by atoms with Gasteiger partial charge in [-0.2, -0.15) is 10.2 Å². The maximum Gasteiger partial charge on any atom is 0.340 e. The number of carbonyl (C=O) groups is 2. The molecule has 0 aliphatic carbocycles. The molecule has 0 atom stereocenters. The minimum absolute atomic E-state index is 0.302. The molecule has 0 aliphatic heterocycles. The van der Waals surface area contributed by atoms with Gasteiger partial charge in [-0.3, -0.25) is 9.20 Å². The molecule has 154 valence electrons. The van der Waals surface area contributed by atoms with Gasteiger partial charge in [0.2, 0.25) is 0 Å². The third-order valence-electron chi connectivity index (χ3n) is 4.33. The van der Waals surface area contributed by atoms with Crippen LogP contribution >= 0.6 is 0 Å². The van der Waals surface area contributed by atoms with Crippen LogP contribution in [0.15, 0.2) is 83.2 Å². The molecule has 0 aliphatic rings. The smallest absolute Gasteiger partial charge is 0.340 e. The van der Waals surface area contributed by atoms with Crippen LogP contribution in [0, 0.1) is 6.92 Å². The third kappa shape index (κ3) is 4.96. The van der Waals surface area contributed by atoms with Crippen molar-refractivity contribution in [1.29, 1.82) is 0 Å². The highest BCUT2D eigenvalue weighted by atomic mass is 16.5. The van der Waals surface area contributed by atoms with Gasteiger partial charge in [-0.1, -0.05) is 18.2 Å². The normalized spacial score (nSPS) is 11.0. The first-order valence-electron chi connectivity index (χ1n) is 9.44. The molecule has 4 aromatic rings. The number of benzene rings is 2. The van der Waals surface area contributed by atoms with E-state index < -0.39 is 18.5 Å². The predicted molar refractivity (Wildman–Crippen MR) is 114 cm³/mol. The van der Waals surface area contributed by atoms with E-state index in [0.29, 0.717) is 28.4 Å². The Hall–Kier alpha value is -4.40. The number of aromatic nitrogens is 3. The molecule has 0 unspecified atom stereocenters. The van der Waals surface area contributed by atoms with Gasteiger partial charge in [0.05, 0.1) is 16.9 Å². The van der Waals surface area contributed by atoms with E-state index in [2.05, 4.69) is 25.7 Å². The lowest BCUT2D eigenvalue weighted by Gasteiger charge is -2.07. The maximum atomic E-state index is 12.2. The molecular formula is C22H18N6O3. The number of nitrogens with zero attached hydrogens (tertiary/aromatic N) is 5. The number of hydrogen-bond donors (Lipinski definition) is 1. The van der Waals surface area contributed by atoms with E-state index in [-0.39, 0.29) is 0 Å². The number of anilines is 1. The fraction of sp³-hybridized carbons (Fsp3) is 0.0909. The molecule has 0 saturated heterocycles. The average Bonchev–Trinajstić information content (AvgIpc) is 3.18. The van der Waals surface area contributed by atoms with Gasteiger partial charge in [0.15, 0.2) is 12.3 Å². The van der Waals surface area contributed by atoms with Crippen LogP contribution in [0.1, 0.15) is 16.2 Å². The van der Waals surface area contributed by atoms with E-state index in [1.54, 1.807) is 53.9 Å². The van der Waals surface area contributed by atoms with Crippen molar-refractivity contribution in [2.24, 2.45) is 10.2 Å². The third-order valence-corrected chi connectivity index (χ3v) is 4.33. The Morgan fingerprint density at radius 3 is 2.39 bits per heavy atom. The number of aryl methyl sites for hydroxylation is 1. The van der Waals surface area contributed by atoms with E-state index in [4.69, 9.17) is 4.74 Å². The van der Waals surface area contributed by atoms with Crippen molar-refractivity contribution in [1.82, 2.24) is 14.6 Å². The number of azo groups is 1. The van der Waals surface area contributed by atoms with Crippen molar-refractivity contribution >= 4 is 34.6 Å². The largest absolute Gasteiger partial charge is 0.452 e. The summed E-state index contributed by atoms with van der Waals surface area (Å²) in [6, 6.07) is 19.5. The number of carbonyl (C=O) groups excluding carboxylic acids is 2. The highest BCUT2D eigenvalue weighted by molar-refractivity contribution is 5.95. The van der Waals surface area contributed by atoms with E-state index >= 15 is 0 Å². The van der Waals surface area contributed by atoms with Crippen molar-refractivity contribution in [3.63, 3.8) is 0 Å². The van der Waals surface area contributed by atoms with Crippen LogP contribution in [0.25, 0.3) is 5.65 Å². The van der Waals surface area contributed by atoms with Crippen LogP contribution in [0.5, 0.6) is 0 Å². The minimum Gasteiger partial charge on any atom is -0.452 e. The van der Waals surface area contributed by atoms with E-state index in [1.165, 1.54) is 0 Å². The molecule has 0 spiro atoms. The van der Waals surface area contributed by atoms with Gasteiger partial charge in [-0.05, 0) is 55.5 Å². The number of ether oxygens (including phenoxy) is 1. The van der Waals surface area contributed by atoms with Crippen LogP contribution < -0.4 is 5.32 Å². The Bertz CT molecular complexity index is 1250. The Kier molecular flexibility index (Phi) is 5.75. The number of pyridine rings is 1. The molecule has 9 heteroatoms. The zero-order valence-electron chi connectivity index (χ0n) is 16.6. The lowest BCUT2D eigenvalue weighted by molar-refractivity contribution is -0.119. The van der Waals surface area contributed by atoms with Gasteiger partial charge in [0.1, 0.15) is 5.82 Å².